The fourth-order valence-electron chi connectivity index (χ4n) is 1.51. The Kier molecular flexibility index (Phi) is 3.84. The van der Waals surface area contributed by atoms with Gasteiger partial charge in [-0.3, -0.25) is 4.68 Å². The van der Waals surface area contributed by atoms with Crippen LogP contribution in [0.4, 0.5) is 13.2 Å². The molecule has 102 valence electrons. The second-order valence-electron chi connectivity index (χ2n) is 3.88. The molecule has 1 aromatic carbocycles. The molecule has 0 amide bonds. The van der Waals surface area contributed by atoms with E-state index < -0.39 is 11.7 Å². The summed E-state index contributed by atoms with van der Waals surface area (Å²) in [5, 5.41) is 4.00. The number of nitrogens with zero attached hydrogens (tertiary/aromatic N) is 2. The van der Waals surface area contributed by atoms with Gasteiger partial charge >= 0.3 is 6.18 Å². The largest absolute Gasteiger partial charge is 0.487 e. The Bertz CT molecular complexity index is 561. The quantitative estimate of drug-likeness (QED) is 0.854. The van der Waals surface area contributed by atoms with E-state index in [0.717, 1.165) is 22.3 Å². The zero-order valence-electron chi connectivity index (χ0n) is 9.91. The van der Waals surface area contributed by atoms with Gasteiger partial charge in [-0.15, -0.1) is 0 Å². The van der Waals surface area contributed by atoms with Gasteiger partial charge in [0.1, 0.15) is 12.4 Å². The molecule has 0 aliphatic carbocycles. The molecule has 0 fully saturated rings. The Morgan fingerprint density at radius 3 is 2.68 bits per heavy atom. The zero-order valence-corrected chi connectivity index (χ0v) is 11.5. The molecule has 0 saturated heterocycles. The summed E-state index contributed by atoms with van der Waals surface area (Å²) < 4.78 is 45.3. The lowest BCUT2D eigenvalue weighted by Crippen LogP contribution is -2.06. The van der Waals surface area contributed by atoms with Gasteiger partial charge in [-0.2, -0.15) is 18.3 Å². The van der Waals surface area contributed by atoms with Crippen LogP contribution in [-0.2, 0) is 19.8 Å². The number of ether oxygens (including phenoxy) is 1. The third-order valence-electron chi connectivity index (χ3n) is 2.55. The first kappa shape index (κ1) is 13.9. The van der Waals surface area contributed by atoms with E-state index in [0.29, 0.717) is 0 Å². The summed E-state index contributed by atoms with van der Waals surface area (Å²) in [5.41, 5.74) is 0.0199. The number of alkyl halides is 3. The number of halogens is 4. The Hall–Kier alpha value is -1.50. The van der Waals surface area contributed by atoms with Crippen molar-refractivity contribution in [3.8, 4) is 5.75 Å². The van der Waals surface area contributed by atoms with Crippen LogP contribution in [-0.4, -0.2) is 9.78 Å². The lowest BCUT2D eigenvalue weighted by Gasteiger charge is -2.10. The average molecular weight is 335 g/mol. The molecule has 0 aliphatic rings. The van der Waals surface area contributed by atoms with E-state index in [1.165, 1.54) is 12.1 Å². The molecular weight excluding hydrogens is 325 g/mol. The molecule has 1 heterocycles. The van der Waals surface area contributed by atoms with Gasteiger partial charge in [0.15, 0.2) is 0 Å². The van der Waals surface area contributed by atoms with Gasteiger partial charge < -0.3 is 4.74 Å². The lowest BCUT2D eigenvalue weighted by molar-refractivity contribution is -0.137. The van der Waals surface area contributed by atoms with Gasteiger partial charge in [-0.05, 0) is 34.1 Å². The number of hydrogen-bond acceptors (Lipinski definition) is 2. The van der Waals surface area contributed by atoms with Crippen LogP contribution in [0.15, 0.2) is 34.9 Å². The van der Waals surface area contributed by atoms with Crippen LogP contribution < -0.4 is 4.74 Å². The van der Waals surface area contributed by atoms with E-state index in [1.54, 1.807) is 17.9 Å². The summed E-state index contributed by atoms with van der Waals surface area (Å²) in [6.07, 6.45) is -2.77. The zero-order chi connectivity index (χ0) is 14.0. The molecule has 0 unspecified atom stereocenters. The third-order valence-corrected chi connectivity index (χ3v) is 3.21. The van der Waals surface area contributed by atoms with Crippen LogP contribution >= 0.6 is 15.9 Å². The van der Waals surface area contributed by atoms with Crippen molar-refractivity contribution in [2.75, 3.05) is 0 Å². The van der Waals surface area contributed by atoms with E-state index in [9.17, 15) is 13.2 Å². The second kappa shape index (κ2) is 5.24. The van der Waals surface area contributed by atoms with E-state index in [1.807, 2.05) is 0 Å². The predicted octanol–water partition coefficient (Wildman–Crippen LogP) is 3.78. The molecule has 7 heteroatoms. The first-order chi connectivity index (χ1) is 8.88. The Morgan fingerprint density at radius 1 is 1.37 bits per heavy atom. The minimum absolute atomic E-state index is 0.137. The average Bonchev–Trinajstić information content (AvgIpc) is 2.66. The van der Waals surface area contributed by atoms with Crippen LogP contribution in [0, 0.1) is 0 Å². The molecule has 3 nitrogen and oxygen atoms in total. The summed E-state index contributed by atoms with van der Waals surface area (Å²) in [4.78, 5) is 0. The summed E-state index contributed by atoms with van der Waals surface area (Å²) in [7, 11) is 1.73. The molecule has 0 radical (unpaired) electrons. The highest BCUT2D eigenvalue weighted by atomic mass is 79.9. The maximum atomic E-state index is 12.5. The fraction of sp³-hybridized carbons (Fsp3) is 0.250. The van der Waals surface area contributed by atoms with Gasteiger partial charge in [0.05, 0.1) is 21.9 Å². The highest BCUT2D eigenvalue weighted by Crippen LogP contribution is 2.31. The Labute approximate surface area is 116 Å². The van der Waals surface area contributed by atoms with Crippen LogP contribution in [0.1, 0.15) is 11.3 Å². The Morgan fingerprint density at radius 2 is 2.11 bits per heavy atom. The number of rotatable bonds is 3. The molecule has 0 aliphatic heterocycles. The monoisotopic (exact) mass is 334 g/mol. The van der Waals surface area contributed by atoms with Crippen molar-refractivity contribution in [2.45, 2.75) is 12.8 Å². The minimum atomic E-state index is -4.37. The minimum Gasteiger partial charge on any atom is -0.487 e. The van der Waals surface area contributed by atoms with Crippen LogP contribution in [0.3, 0.4) is 0 Å². The van der Waals surface area contributed by atoms with E-state index in [4.69, 9.17) is 4.74 Å². The normalized spacial score (nSPS) is 11.6. The van der Waals surface area contributed by atoms with Crippen molar-refractivity contribution in [2.24, 2.45) is 7.05 Å². The van der Waals surface area contributed by atoms with Gasteiger partial charge in [-0.25, -0.2) is 0 Å². The molecule has 0 saturated carbocycles. The fourth-order valence-corrected chi connectivity index (χ4v) is 1.97. The summed E-state index contributed by atoms with van der Waals surface area (Å²) in [5.74, 6) is 0.169. The van der Waals surface area contributed by atoms with E-state index >= 15 is 0 Å². The highest BCUT2D eigenvalue weighted by molar-refractivity contribution is 9.10. The van der Waals surface area contributed by atoms with Gasteiger partial charge in [-0.1, -0.05) is 6.07 Å². The molecule has 19 heavy (non-hydrogen) atoms. The Balaban J connectivity index is 2.12. The second-order valence-corrected chi connectivity index (χ2v) is 4.73. The molecule has 0 atom stereocenters. The van der Waals surface area contributed by atoms with Crippen molar-refractivity contribution in [3.63, 3.8) is 0 Å². The van der Waals surface area contributed by atoms with Crippen LogP contribution in [0.2, 0.25) is 0 Å². The number of aromatic nitrogens is 2. The van der Waals surface area contributed by atoms with Crippen LogP contribution in [0.25, 0.3) is 0 Å². The standard InChI is InChI=1S/C12H10BrF3N2O/c1-18-11(10(13)6-17-18)7-19-9-4-2-3-8(5-9)12(14,15)16/h2-6H,7H2,1H3. The van der Waals surface area contributed by atoms with Crippen molar-refractivity contribution >= 4 is 15.9 Å². The van der Waals surface area contributed by atoms with Crippen LogP contribution in [0.5, 0.6) is 5.75 Å². The molecule has 0 spiro atoms. The number of benzene rings is 1. The first-order valence-corrected chi connectivity index (χ1v) is 6.13. The summed E-state index contributed by atoms with van der Waals surface area (Å²) in [6, 6.07) is 4.78. The molecule has 0 N–H and O–H groups in total. The maximum Gasteiger partial charge on any atom is 0.416 e. The van der Waals surface area contributed by atoms with Gasteiger partial charge in [0, 0.05) is 7.05 Å². The van der Waals surface area contributed by atoms with Gasteiger partial charge in [0.25, 0.3) is 0 Å². The van der Waals surface area contributed by atoms with Crippen molar-refractivity contribution in [1.82, 2.24) is 9.78 Å². The molecular formula is C12H10BrF3N2O. The van der Waals surface area contributed by atoms with E-state index in [-0.39, 0.29) is 12.4 Å². The third kappa shape index (κ3) is 3.28. The predicted molar refractivity (Wildman–Crippen MR) is 66.7 cm³/mol. The summed E-state index contributed by atoms with van der Waals surface area (Å²) in [6.45, 7) is 0.137. The highest BCUT2D eigenvalue weighted by Gasteiger charge is 2.30. The molecule has 2 rings (SSSR count). The SMILES string of the molecule is Cn1ncc(Br)c1COc1cccc(C(F)(F)F)c1. The topological polar surface area (TPSA) is 27.1 Å². The maximum absolute atomic E-state index is 12.5. The molecule has 0 bridgehead atoms. The smallest absolute Gasteiger partial charge is 0.416 e. The number of hydrogen-bond donors (Lipinski definition) is 0. The summed E-state index contributed by atoms with van der Waals surface area (Å²) >= 11 is 3.29. The van der Waals surface area contributed by atoms with Crippen molar-refractivity contribution < 1.29 is 17.9 Å². The van der Waals surface area contributed by atoms with Crippen molar-refractivity contribution in [3.05, 3.63) is 46.2 Å². The first-order valence-electron chi connectivity index (χ1n) is 5.34. The van der Waals surface area contributed by atoms with Crippen molar-refractivity contribution in [1.29, 1.82) is 0 Å². The van der Waals surface area contributed by atoms with E-state index in [2.05, 4.69) is 21.0 Å². The molecule has 1 aromatic heterocycles. The number of aryl methyl sites for hydroxylation is 1. The molecule has 2 aromatic rings. The lowest BCUT2D eigenvalue weighted by atomic mass is 10.2. The van der Waals surface area contributed by atoms with Gasteiger partial charge in [0.2, 0.25) is 0 Å².